The minimum atomic E-state index is -0.676. The van der Waals surface area contributed by atoms with Crippen molar-refractivity contribution < 1.29 is 14.3 Å². The quantitative estimate of drug-likeness (QED) is 0.611. The molecule has 2 aromatic heterocycles. The molecule has 0 aliphatic carbocycles. The first kappa shape index (κ1) is 22.1. The molecule has 1 amide bonds. The van der Waals surface area contributed by atoms with Crippen LogP contribution in [0.25, 0.3) is 0 Å². The number of aryl methyl sites for hydroxylation is 1. The van der Waals surface area contributed by atoms with Gasteiger partial charge in [-0.1, -0.05) is 12.1 Å². The summed E-state index contributed by atoms with van der Waals surface area (Å²) in [7, 11) is 0. The molecule has 0 saturated heterocycles. The highest BCUT2D eigenvalue weighted by molar-refractivity contribution is 7.09. The lowest BCUT2D eigenvalue weighted by Crippen LogP contribution is -2.52. The summed E-state index contributed by atoms with van der Waals surface area (Å²) in [6.07, 6.45) is 0. The summed E-state index contributed by atoms with van der Waals surface area (Å²) in [6, 6.07) is 5.69. The molecule has 0 unspecified atom stereocenters. The molecule has 0 saturated carbocycles. The number of hydrogen-bond donors (Lipinski definition) is 2. The van der Waals surface area contributed by atoms with Gasteiger partial charge in [0.1, 0.15) is 11.6 Å². The maximum atomic E-state index is 13.1. The van der Waals surface area contributed by atoms with Crippen molar-refractivity contribution in [2.75, 3.05) is 6.54 Å². The Morgan fingerprint density at radius 2 is 1.97 bits per heavy atom. The van der Waals surface area contributed by atoms with Gasteiger partial charge in [0.15, 0.2) is 5.69 Å². The standard InChI is InChI=1S/C22H24FN5O3S/c1-13-25-16(12-32-13)11-27-8-9-28-20(31)18(29)17(26-21(28)22(27,2)3)19(30)24-10-14-4-6-15(23)7-5-14/h4-7,12,29H,8-11H2,1-3H3,(H,24,30). The van der Waals surface area contributed by atoms with E-state index in [1.807, 2.05) is 26.2 Å². The largest absolute Gasteiger partial charge is 0.501 e. The highest BCUT2D eigenvalue weighted by atomic mass is 32.1. The van der Waals surface area contributed by atoms with E-state index in [1.165, 1.54) is 16.7 Å². The van der Waals surface area contributed by atoms with Crippen LogP contribution >= 0.6 is 11.3 Å². The Morgan fingerprint density at radius 1 is 1.25 bits per heavy atom. The molecule has 8 nitrogen and oxygen atoms in total. The van der Waals surface area contributed by atoms with Gasteiger partial charge in [-0.3, -0.25) is 19.1 Å². The summed E-state index contributed by atoms with van der Waals surface area (Å²) in [5, 5.41) is 16.0. The molecule has 0 spiro atoms. The number of thiazole rings is 1. The number of aromatic nitrogens is 3. The van der Waals surface area contributed by atoms with E-state index >= 15 is 0 Å². The lowest BCUT2D eigenvalue weighted by molar-refractivity contribution is 0.0639. The van der Waals surface area contributed by atoms with E-state index in [1.54, 1.807) is 23.5 Å². The van der Waals surface area contributed by atoms with E-state index in [2.05, 4.69) is 20.2 Å². The number of amides is 1. The number of rotatable bonds is 5. The number of hydrogen-bond acceptors (Lipinski definition) is 7. The van der Waals surface area contributed by atoms with Gasteiger partial charge in [-0.2, -0.15) is 0 Å². The van der Waals surface area contributed by atoms with Gasteiger partial charge < -0.3 is 10.4 Å². The minimum Gasteiger partial charge on any atom is -0.501 e. The molecule has 1 aromatic carbocycles. The zero-order valence-corrected chi connectivity index (χ0v) is 18.9. The van der Waals surface area contributed by atoms with Crippen LogP contribution < -0.4 is 10.9 Å². The second-order valence-electron chi connectivity index (χ2n) is 8.24. The van der Waals surface area contributed by atoms with Gasteiger partial charge >= 0.3 is 0 Å². The van der Waals surface area contributed by atoms with Gasteiger partial charge in [0.2, 0.25) is 5.75 Å². The molecule has 0 fully saturated rings. The van der Waals surface area contributed by atoms with E-state index in [0.717, 1.165) is 10.7 Å². The highest BCUT2D eigenvalue weighted by Crippen LogP contribution is 2.32. The van der Waals surface area contributed by atoms with Crippen LogP contribution in [0.4, 0.5) is 4.39 Å². The fraction of sp³-hybridized carbons (Fsp3) is 0.364. The lowest BCUT2D eigenvalue weighted by atomic mass is 9.98. The first-order chi connectivity index (χ1) is 15.2. The molecule has 1 aliphatic rings. The third-order valence-electron chi connectivity index (χ3n) is 5.68. The second-order valence-corrected chi connectivity index (χ2v) is 9.30. The molecule has 10 heteroatoms. The van der Waals surface area contributed by atoms with Crippen molar-refractivity contribution in [3.05, 3.63) is 73.6 Å². The Bertz CT molecular complexity index is 1220. The first-order valence-electron chi connectivity index (χ1n) is 10.2. The minimum absolute atomic E-state index is 0.108. The average Bonchev–Trinajstić information content (AvgIpc) is 3.16. The third kappa shape index (κ3) is 4.15. The number of carbonyl (C=O) groups excluding carboxylic acids is 1. The molecule has 32 heavy (non-hydrogen) atoms. The topological polar surface area (TPSA) is 100 Å². The molecule has 0 radical (unpaired) electrons. The van der Waals surface area contributed by atoms with Gasteiger partial charge in [-0.25, -0.2) is 14.4 Å². The number of carbonyl (C=O) groups is 1. The van der Waals surface area contributed by atoms with Gasteiger partial charge in [-0.05, 0) is 38.5 Å². The van der Waals surface area contributed by atoms with Crippen molar-refractivity contribution in [1.82, 2.24) is 24.8 Å². The van der Waals surface area contributed by atoms with Crippen LogP contribution in [0.15, 0.2) is 34.4 Å². The lowest BCUT2D eigenvalue weighted by Gasteiger charge is -2.42. The van der Waals surface area contributed by atoms with Gasteiger partial charge in [-0.15, -0.1) is 11.3 Å². The second kappa shape index (κ2) is 8.44. The maximum absolute atomic E-state index is 13.1. The van der Waals surface area contributed by atoms with Gasteiger partial charge in [0.25, 0.3) is 11.5 Å². The molecular weight excluding hydrogens is 433 g/mol. The van der Waals surface area contributed by atoms with Crippen LogP contribution in [0.2, 0.25) is 0 Å². The molecule has 3 aromatic rings. The molecule has 0 atom stereocenters. The van der Waals surface area contributed by atoms with E-state index in [-0.39, 0.29) is 18.1 Å². The smallest absolute Gasteiger partial charge is 0.296 e. The summed E-state index contributed by atoms with van der Waals surface area (Å²) in [4.78, 5) is 36.7. The number of aromatic hydroxyl groups is 1. The predicted molar refractivity (Wildman–Crippen MR) is 118 cm³/mol. The molecule has 0 bridgehead atoms. The molecule has 1 aliphatic heterocycles. The van der Waals surface area contributed by atoms with Crippen molar-refractivity contribution >= 4 is 17.2 Å². The van der Waals surface area contributed by atoms with Crippen molar-refractivity contribution in [3.8, 4) is 5.75 Å². The number of nitrogens with one attached hydrogen (secondary N) is 1. The predicted octanol–water partition coefficient (Wildman–Crippen LogP) is 2.53. The Labute approximate surface area is 188 Å². The van der Waals surface area contributed by atoms with Crippen LogP contribution in [0, 0.1) is 12.7 Å². The monoisotopic (exact) mass is 457 g/mol. The third-order valence-corrected chi connectivity index (χ3v) is 6.50. The number of nitrogens with zero attached hydrogens (tertiary/aromatic N) is 4. The molecular formula is C22H24FN5O3S. The van der Waals surface area contributed by atoms with Crippen LogP contribution in [-0.4, -0.2) is 37.0 Å². The fourth-order valence-corrected chi connectivity index (χ4v) is 4.44. The Hall–Kier alpha value is -3.11. The van der Waals surface area contributed by atoms with Crippen molar-refractivity contribution in [3.63, 3.8) is 0 Å². The summed E-state index contributed by atoms with van der Waals surface area (Å²) >= 11 is 1.58. The van der Waals surface area contributed by atoms with Crippen LogP contribution in [0.3, 0.4) is 0 Å². The molecule has 168 valence electrons. The van der Waals surface area contributed by atoms with Crippen molar-refractivity contribution in [1.29, 1.82) is 0 Å². The number of halogens is 1. The van der Waals surface area contributed by atoms with E-state index < -0.39 is 22.8 Å². The first-order valence-corrected chi connectivity index (χ1v) is 11.1. The summed E-state index contributed by atoms with van der Waals surface area (Å²) in [6.45, 7) is 7.43. The molecule has 2 N–H and O–H groups in total. The van der Waals surface area contributed by atoms with Crippen molar-refractivity contribution in [2.24, 2.45) is 0 Å². The fourth-order valence-electron chi connectivity index (χ4n) is 3.84. The van der Waals surface area contributed by atoms with Crippen LogP contribution in [0.5, 0.6) is 5.75 Å². The maximum Gasteiger partial charge on any atom is 0.296 e. The SMILES string of the molecule is Cc1nc(CN2CCn3c(nc(C(=O)NCc4ccc(F)cc4)c(O)c3=O)C2(C)C)cs1. The van der Waals surface area contributed by atoms with Crippen LogP contribution in [0.1, 0.15) is 46.4 Å². The van der Waals surface area contributed by atoms with Gasteiger partial charge in [0, 0.05) is 31.6 Å². The Morgan fingerprint density at radius 3 is 2.62 bits per heavy atom. The van der Waals surface area contributed by atoms with E-state index in [9.17, 15) is 19.1 Å². The van der Waals surface area contributed by atoms with E-state index in [4.69, 9.17) is 0 Å². The number of benzene rings is 1. The Kier molecular flexibility index (Phi) is 5.83. The number of fused-ring (bicyclic) bond motifs is 1. The van der Waals surface area contributed by atoms with Crippen molar-refractivity contribution in [2.45, 2.75) is 45.9 Å². The summed E-state index contributed by atoms with van der Waals surface area (Å²) in [5.41, 5.74) is -0.0115. The normalized spacial score (nSPS) is 15.4. The molecule has 3 heterocycles. The summed E-state index contributed by atoms with van der Waals surface area (Å²) in [5.74, 6) is -1.31. The highest BCUT2D eigenvalue weighted by Gasteiger charge is 2.39. The zero-order chi connectivity index (χ0) is 23.0. The Balaban J connectivity index is 1.61. The van der Waals surface area contributed by atoms with Gasteiger partial charge in [0.05, 0.1) is 16.2 Å². The average molecular weight is 458 g/mol. The van der Waals surface area contributed by atoms with E-state index in [0.29, 0.717) is 31.0 Å². The summed E-state index contributed by atoms with van der Waals surface area (Å²) < 4.78 is 14.5. The molecule has 4 rings (SSSR count). The zero-order valence-electron chi connectivity index (χ0n) is 18.1. The van der Waals surface area contributed by atoms with Crippen LogP contribution in [-0.2, 0) is 25.2 Å².